The highest BCUT2D eigenvalue weighted by Gasteiger charge is 2.25. The molecule has 0 spiro atoms. The normalized spacial score (nSPS) is 16.7. The molecule has 1 unspecified atom stereocenters. The second kappa shape index (κ2) is 9.01. The third-order valence-electron chi connectivity index (χ3n) is 5.27. The predicted octanol–water partition coefficient (Wildman–Crippen LogP) is 3.42. The van der Waals surface area contributed by atoms with Gasteiger partial charge >= 0.3 is 0 Å². The fraction of sp³-hybridized carbons (Fsp3) is 0.348. The smallest absolute Gasteiger partial charge is 0.223 e. The molecular formula is C23H26N2O4. The van der Waals surface area contributed by atoms with Crippen molar-refractivity contribution in [2.75, 3.05) is 33.4 Å². The van der Waals surface area contributed by atoms with Crippen LogP contribution in [0.5, 0.6) is 11.5 Å². The highest BCUT2D eigenvalue weighted by atomic mass is 16.5. The zero-order chi connectivity index (χ0) is 20.1. The lowest BCUT2D eigenvalue weighted by Gasteiger charge is -2.33. The summed E-state index contributed by atoms with van der Waals surface area (Å²) in [7, 11) is 1.62. The van der Waals surface area contributed by atoms with Crippen molar-refractivity contribution in [3.63, 3.8) is 0 Å². The number of hydrogen-bond donors (Lipinski definition) is 1. The number of methoxy groups -OCH3 is 1. The average Bonchev–Trinajstić information content (AvgIpc) is 3.19. The lowest BCUT2D eigenvalue weighted by Crippen LogP contribution is -2.47. The van der Waals surface area contributed by atoms with E-state index >= 15 is 0 Å². The number of H-pyrrole nitrogens is 1. The molecule has 29 heavy (non-hydrogen) atoms. The van der Waals surface area contributed by atoms with Gasteiger partial charge in [-0.25, -0.2) is 0 Å². The van der Waals surface area contributed by atoms with E-state index in [1.807, 2.05) is 47.5 Å². The standard InChI is InChI=1S/C23H26N2O4/c1-27-21-8-4-5-9-22(21)29-16-18-15-25(12-13-28-18)23(26)11-10-17-14-24-20-7-3-2-6-19(17)20/h2-9,14,18,24H,10-13,15-16H2,1H3. The molecule has 0 aliphatic carbocycles. The molecule has 0 radical (unpaired) electrons. The maximum absolute atomic E-state index is 12.7. The van der Waals surface area contributed by atoms with E-state index in [1.54, 1.807) is 7.11 Å². The van der Waals surface area contributed by atoms with E-state index in [0.29, 0.717) is 44.2 Å². The van der Waals surface area contributed by atoms with Crippen LogP contribution in [0.3, 0.4) is 0 Å². The maximum Gasteiger partial charge on any atom is 0.223 e. The summed E-state index contributed by atoms with van der Waals surface area (Å²) < 4.78 is 17.0. The van der Waals surface area contributed by atoms with Gasteiger partial charge in [-0.3, -0.25) is 4.79 Å². The van der Waals surface area contributed by atoms with Gasteiger partial charge in [0, 0.05) is 30.1 Å². The molecule has 1 aromatic heterocycles. The fourth-order valence-corrected chi connectivity index (χ4v) is 3.71. The van der Waals surface area contributed by atoms with Crippen molar-refractivity contribution in [1.82, 2.24) is 9.88 Å². The van der Waals surface area contributed by atoms with Crippen molar-refractivity contribution in [3.05, 3.63) is 60.3 Å². The Balaban J connectivity index is 1.30. The minimum Gasteiger partial charge on any atom is -0.493 e. The van der Waals surface area contributed by atoms with Gasteiger partial charge in [0.05, 0.1) is 20.3 Å². The molecule has 1 amide bonds. The summed E-state index contributed by atoms with van der Waals surface area (Å²) in [6, 6.07) is 15.7. The van der Waals surface area contributed by atoms with Gasteiger partial charge < -0.3 is 24.1 Å². The summed E-state index contributed by atoms with van der Waals surface area (Å²) in [5.74, 6) is 1.53. The topological polar surface area (TPSA) is 63.8 Å². The van der Waals surface area contributed by atoms with Crippen molar-refractivity contribution in [2.45, 2.75) is 18.9 Å². The Labute approximate surface area is 170 Å². The highest BCUT2D eigenvalue weighted by molar-refractivity contribution is 5.84. The summed E-state index contributed by atoms with van der Waals surface area (Å²) in [4.78, 5) is 17.9. The van der Waals surface area contributed by atoms with Crippen LogP contribution in [-0.4, -0.2) is 55.3 Å². The van der Waals surface area contributed by atoms with Crippen LogP contribution in [0.1, 0.15) is 12.0 Å². The van der Waals surface area contributed by atoms with Gasteiger partial charge in [-0.05, 0) is 30.2 Å². The molecule has 2 heterocycles. The van der Waals surface area contributed by atoms with Crippen LogP contribution in [0.4, 0.5) is 0 Å². The number of aryl methyl sites for hydroxylation is 1. The van der Waals surface area contributed by atoms with E-state index in [9.17, 15) is 4.79 Å². The van der Waals surface area contributed by atoms with Crippen molar-refractivity contribution < 1.29 is 19.0 Å². The average molecular weight is 394 g/mol. The van der Waals surface area contributed by atoms with E-state index in [2.05, 4.69) is 17.1 Å². The van der Waals surface area contributed by atoms with Crippen LogP contribution in [0.25, 0.3) is 10.9 Å². The number of para-hydroxylation sites is 3. The molecule has 1 saturated heterocycles. The molecule has 1 atom stereocenters. The van der Waals surface area contributed by atoms with Gasteiger partial charge in [0.15, 0.2) is 11.5 Å². The third kappa shape index (κ3) is 4.54. The molecular weight excluding hydrogens is 368 g/mol. The molecule has 1 N–H and O–H groups in total. The number of nitrogens with zero attached hydrogens (tertiary/aromatic N) is 1. The van der Waals surface area contributed by atoms with Gasteiger partial charge in [0.2, 0.25) is 5.91 Å². The molecule has 2 aromatic carbocycles. The molecule has 1 aliphatic rings. The van der Waals surface area contributed by atoms with Crippen LogP contribution in [0.15, 0.2) is 54.7 Å². The summed E-state index contributed by atoms with van der Waals surface area (Å²) in [6.07, 6.45) is 3.07. The Hall–Kier alpha value is -2.99. The number of morpholine rings is 1. The number of fused-ring (bicyclic) bond motifs is 1. The SMILES string of the molecule is COc1ccccc1OCC1CN(C(=O)CCc2c[nH]c3ccccc23)CCO1. The summed E-state index contributed by atoms with van der Waals surface area (Å²) in [5, 5.41) is 1.19. The lowest BCUT2D eigenvalue weighted by molar-refractivity contribution is -0.139. The van der Waals surface area contributed by atoms with Crippen LogP contribution < -0.4 is 9.47 Å². The first kappa shape index (κ1) is 19.3. The molecule has 0 bridgehead atoms. The predicted molar refractivity (Wildman–Crippen MR) is 111 cm³/mol. The molecule has 1 fully saturated rings. The maximum atomic E-state index is 12.7. The molecule has 3 aromatic rings. The Morgan fingerprint density at radius 3 is 2.83 bits per heavy atom. The fourth-order valence-electron chi connectivity index (χ4n) is 3.71. The number of rotatable bonds is 7. The van der Waals surface area contributed by atoms with Gasteiger partial charge in [-0.2, -0.15) is 0 Å². The van der Waals surface area contributed by atoms with Crippen molar-refractivity contribution >= 4 is 16.8 Å². The molecule has 4 rings (SSSR count). The van der Waals surface area contributed by atoms with Gasteiger partial charge in [0.25, 0.3) is 0 Å². The molecule has 6 nitrogen and oxygen atoms in total. The second-order valence-electron chi connectivity index (χ2n) is 7.15. The minimum atomic E-state index is -0.147. The first-order chi connectivity index (χ1) is 14.2. The van der Waals surface area contributed by atoms with E-state index in [1.165, 1.54) is 10.9 Å². The van der Waals surface area contributed by atoms with E-state index in [-0.39, 0.29) is 12.0 Å². The van der Waals surface area contributed by atoms with Crippen LogP contribution in [0.2, 0.25) is 0 Å². The number of carbonyl (C=O) groups is 1. The Bertz CT molecular complexity index is 968. The van der Waals surface area contributed by atoms with E-state index in [0.717, 1.165) is 11.9 Å². The zero-order valence-electron chi connectivity index (χ0n) is 16.6. The van der Waals surface area contributed by atoms with Crippen LogP contribution in [-0.2, 0) is 16.0 Å². The van der Waals surface area contributed by atoms with Gasteiger partial charge in [-0.1, -0.05) is 30.3 Å². The highest BCUT2D eigenvalue weighted by Crippen LogP contribution is 2.26. The largest absolute Gasteiger partial charge is 0.493 e. The third-order valence-corrected chi connectivity index (χ3v) is 5.27. The van der Waals surface area contributed by atoms with E-state index in [4.69, 9.17) is 14.2 Å². The number of benzene rings is 2. The number of amides is 1. The Morgan fingerprint density at radius 1 is 1.17 bits per heavy atom. The van der Waals surface area contributed by atoms with Crippen LogP contribution >= 0.6 is 0 Å². The summed E-state index contributed by atoms with van der Waals surface area (Å²) in [6.45, 7) is 2.07. The number of nitrogens with one attached hydrogen (secondary N) is 1. The van der Waals surface area contributed by atoms with Crippen molar-refractivity contribution in [2.24, 2.45) is 0 Å². The molecule has 152 valence electrons. The summed E-state index contributed by atoms with van der Waals surface area (Å²) >= 11 is 0. The first-order valence-corrected chi connectivity index (χ1v) is 9.95. The van der Waals surface area contributed by atoms with Crippen molar-refractivity contribution in [1.29, 1.82) is 0 Å². The molecule has 6 heteroatoms. The summed E-state index contributed by atoms with van der Waals surface area (Å²) in [5.41, 5.74) is 2.29. The Morgan fingerprint density at radius 2 is 1.97 bits per heavy atom. The molecule has 1 aliphatic heterocycles. The quantitative estimate of drug-likeness (QED) is 0.667. The zero-order valence-corrected chi connectivity index (χ0v) is 16.6. The van der Waals surface area contributed by atoms with Gasteiger partial charge in [0.1, 0.15) is 12.7 Å². The van der Waals surface area contributed by atoms with E-state index < -0.39 is 0 Å². The molecule has 0 saturated carbocycles. The van der Waals surface area contributed by atoms with Crippen LogP contribution in [0, 0.1) is 0 Å². The first-order valence-electron chi connectivity index (χ1n) is 9.95. The number of ether oxygens (including phenoxy) is 3. The lowest BCUT2D eigenvalue weighted by atomic mass is 10.1. The second-order valence-corrected chi connectivity index (χ2v) is 7.15. The number of aromatic amines is 1. The number of aromatic nitrogens is 1. The Kier molecular flexibility index (Phi) is 6.00. The number of carbonyl (C=O) groups excluding carboxylic acids is 1. The van der Waals surface area contributed by atoms with Crippen molar-refractivity contribution in [3.8, 4) is 11.5 Å². The minimum absolute atomic E-state index is 0.147. The monoisotopic (exact) mass is 394 g/mol. The number of hydrogen-bond acceptors (Lipinski definition) is 4. The van der Waals surface area contributed by atoms with Gasteiger partial charge in [-0.15, -0.1) is 0 Å².